The number of hydrogen-bond acceptors (Lipinski definition) is 4. The molecule has 0 saturated heterocycles. The molecule has 0 aliphatic rings. The van der Waals surface area contributed by atoms with Gasteiger partial charge in [0.15, 0.2) is 0 Å². The van der Waals surface area contributed by atoms with Crippen molar-refractivity contribution >= 4 is 22.5 Å². The number of pyridine rings is 1. The van der Waals surface area contributed by atoms with Crippen molar-refractivity contribution < 1.29 is 4.79 Å². The van der Waals surface area contributed by atoms with Crippen molar-refractivity contribution in [1.82, 2.24) is 19.7 Å². The molecule has 1 amide bonds. The number of aromatic nitrogens is 4. The highest BCUT2D eigenvalue weighted by Gasteiger charge is 2.08. The van der Waals surface area contributed by atoms with Crippen LogP contribution in [0.15, 0.2) is 73.4 Å². The second-order valence-electron chi connectivity index (χ2n) is 5.26. The molecule has 116 valence electrons. The number of nitrogens with zero attached hydrogens (tertiary/aromatic N) is 4. The van der Waals surface area contributed by atoms with Gasteiger partial charge in [0.05, 0.1) is 11.2 Å². The van der Waals surface area contributed by atoms with E-state index in [2.05, 4.69) is 20.4 Å². The van der Waals surface area contributed by atoms with Gasteiger partial charge in [-0.2, -0.15) is 5.10 Å². The smallest absolute Gasteiger partial charge is 0.255 e. The third kappa shape index (κ3) is 2.72. The van der Waals surface area contributed by atoms with Crippen molar-refractivity contribution in [3.8, 4) is 5.69 Å². The SMILES string of the molecule is O=C(Nc1ccc2ncccc2c1)c1cccc(-n2cncn2)c1. The lowest BCUT2D eigenvalue weighted by Gasteiger charge is -2.08. The maximum atomic E-state index is 12.5. The Morgan fingerprint density at radius 3 is 2.88 bits per heavy atom. The molecule has 0 radical (unpaired) electrons. The average molecular weight is 315 g/mol. The molecule has 0 fully saturated rings. The van der Waals surface area contributed by atoms with E-state index in [1.54, 1.807) is 29.3 Å². The van der Waals surface area contributed by atoms with E-state index in [1.165, 1.54) is 6.33 Å². The largest absolute Gasteiger partial charge is 0.322 e. The third-order valence-corrected chi connectivity index (χ3v) is 3.65. The first-order valence-corrected chi connectivity index (χ1v) is 7.41. The fourth-order valence-electron chi connectivity index (χ4n) is 2.49. The number of amides is 1. The van der Waals surface area contributed by atoms with Crippen molar-refractivity contribution in [3.63, 3.8) is 0 Å². The number of fused-ring (bicyclic) bond motifs is 1. The van der Waals surface area contributed by atoms with E-state index in [1.807, 2.05) is 42.5 Å². The van der Waals surface area contributed by atoms with Crippen molar-refractivity contribution in [2.24, 2.45) is 0 Å². The van der Waals surface area contributed by atoms with Gasteiger partial charge in [-0.3, -0.25) is 9.78 Å². The van der Waals surface area contributed by atoms with Gasteiger partial charge >= 0.3 is 0 Å². The van der Waals surface area contributed by atoms with Gasteiger partial charge in [-0.25, -0.2) is 9.67 Å². The highest BCUT2D eigenvalue weighted by molar-refractivity contribution is 6.05. The lowest BCUT2D eigenvalue weighted by molar-refractivity contribution is 0.102. The van der Waals surface area contributed by atoms with E-state index in [9.17, 15) is 4.79 Å². The quantitative estimate of drug-likeness (QED) is 0.630. The number of carbonyl (C=O) groups excluding carboxylic acids is 1. The minimum Gasteiger partial charge on any atom is -0.322 e. The Balaban J connectivity index is 1.60. The molecule has 0 atom stereocenters. The van der Waals surface area contributed by atoms with Gasteiger partial charge in [0.1, 0.15) is 12.7 Å². The summed E-state index contributed by atoms with van der Waals surface area (Å²) in [6.07, 6.45) is 4.79. The Morgan fingerprint density at radius 2 is 2.00 bits per heavy atom. The molecule has 0 bridgehead atoms. The van der Waals surface area contributed by atoms with Crippen LogP contribution in [-0.2, 0) is 0 Å². The van der Waals surface area contributed by atoms with E-state index in [0.717, 1.165) is 22.3 Å². The molecule has 0 aliphatic carbocycles. The predicted molar refractivity (Wildman–Crippen MR) is 91.1 cm³/mol. The predicted octanol–water partition coefficient (Wildman–Crippen LogP) is 3.07. The van der Waals surface area contributed by atoms with Crippen molar-refractivity contribution in [1.29, 1.82) is 0 Å². The summed E-state index contributed by atoms with van der Waals surface area (Å²) in [5.41, 5.74) is 2.95. The molecule has 1 N–H and O–H groups in total. The van der Waals surface area contributed by atoms with E-state index >= 15 is 0 Å². The zero-order valence-corrected chi connectivity index (χ0v) is 12.6. The van der Waals surface area contributed by atoms with Crippen LogP contribution in [0.1, 0.15) is 10.4 Å². The zero-order valence-electron chi connectivity index (χ0n) is 12.6. The Morgan fingerprint density at radius 1 is 1.04 bits per heavy atom. The Labute approximate surface area is 137 Å². The van der Waals surface area contributed by atoms with Crippen LogP contribution in [0.4, 0.5) is 5.69 Å². The van der Waals surface area contributed by atoms with E-state index < -0.39 is 0 Å². The second-order valence-corrected chi connectivity index (χ2v) is 5.26. The number of hydrogen-bond donors (Lipinski definition) is 1. The molecule has 2 aromatic heterocycles. The molecule has 0 spiro atoms. The van der Waals surface area contributed by atoms with Gasteiger partial charge < -0.3 is 5.32 Å². The number of anilines is 1. The third-order valence-electron chi connectivity index (χ3n) is 3.65. The van der Waals surface area contributed by atoms with E-state index in [-0.39, 0.29) is 5.91 Å². The fraction of sp³-hybridized carbons (Fsp3) is 0. The summed E-state index contributed by atoms with van der Waals surface area (Å²) in [6, 6.07) is 16.7. The lowest BCUT2D eigenvalue weighted by Crippen LogP contribution is -2.12. The van der Waals surface area contributed by atoms with Crippen LogP contribution >= 0.6 is 0 Å². The van der Waals surface area contributed by atoms with Gasteiger partial charge in [0, 0.05) is 22.8 Å². The summed E-state index contributed by atoms with van der Waals surface area (Å²) in [5.74, 6) is -0.180. The maximum absolute atomic E-state index is 12.5. The van der Waals surface area contributed by atoms with Crippen LogP contribution in [0.25, 0.3) is 16.6 Å². The number of carbonyl (C=O) groups is 1. The standard InChI is InChI=1S/C18H13N5O/c24-18(14-3-1-5-16(10-14)23-12-19-11-21-23)22-15-6-7-17-13(9-15)4-2-8-20-17/h1-12H,(H,22,24). The summed E-state index contributed by atoms with van der Waals surface area (Å²) in [6.45, 7) is 0. The molecule has 4 aromatic rings. The highest BCUT2D eigenvalue weighted by atomic mass is 16.1. The van der Waals surface area contributed by atoms with E-state index in [0.29, 0.717) is 5.56 Å². The first-order valence-electron chi connectivity index (χ1n) is 7.41. The molecule has 24 heavy (non-hydrogen) atoms. The van der Waals surface area contributed by atoms with Crippen molar-refractivity contribution in [3.05, 3.63) is 79.0 Å². The molecule has 0 saturated carbocycles. The molecular formula is C18H13N5O. The van der Waals surface area contributed by atoms with Gasteiger partial charge in [0.25, 0.3) is 5.91 Å². The van der Waals surface area contributed by atoms with Gasteiger partial charge in [-0.05, 0) is 42.5 Å². The zero-order chi connectivity index (χ0) is 16.4. The van der Waals surface area contributed by atoms with Gasteiger partial charge in [0.2, 0.25) is 0 Å². The molecule has 0 aliphatic heterocycles. The maximum Gasteiger partial charge on any atom is 0.255 e. The van der Waals surface area contributed by atoms with Crippen LogP contribution in [0, 0.1) is 0 Å². The van der Waals surface area contributed by atoms with Crippen LogP contribution < -0.4 is 5.32 Å². The number of nitrogens with one attached hydrogen (secondary N) is 1. The first kappa shape index (κ1) is 14.1. The Bertz CT molecular complexity index is 1010. The van der Waals surface area contributed by atoms with Crippen molar-refractivity contribution in [2.75, 3.05) is 5.32 Å². The normalized spacial score (nSPS) is 10.7. The summed E-state index contributed by atoms with van der Waals surface area (Å²) in [5, 5.41) is 7.96. The van der Waals surface area contributed by atoms with E-state index in [4.69, 9.17) is 0 Å². The van der Waals surface area contributed by atoms with Crippen LogP contribution in [0.5, 0.6) is 0 Å². The lowest BCUT2D eigenvalue weighted by atomic mass is 10.1. The van der Waals surface area contributed by atoms with Crippen LogP contribution in [-0.4, -0.2) is 25.7 Å². The Kier molecular flexibility index (Phi) is 3.47. The number of rotatable bonds is 3. The molecule has 6 heteroatoms. The Hall–Kier alpha value is -3.54. The molecule has 2 aromatic carbocycles. The van der Waals surface area contributed by atoms with Crippen LogP contribution in [0.2, 0.25) is 0 Å². The molecule has 4 rings (SSSR count). The summed E-state index contributed by atoms with van der Waals surface area (Å²) in [7, 11) is 0. The molecule has 6 nitrogen and oxygen atoms in total. The monoisotopic (exact) mass is 315 g/mol. The van der Waals surface area contributed by atoms with Crippen LogP contribution in [0.3, 0.4) is 0 Å². The summed E-state index contributed by atoms with van der Waals surface area (Å²) < 4.78 is 1.61. The molecular weight excluding hydrogens is 302 g/mol. The molecule has 0 unspecified atom stereocenters. The first-order chi connectivity index (χ1) is 11.8. The highest BCUT2D eigenvalue weighted by Crippen LogP contribution is 2.18. The average Bonchev–Trinajstić information content (AvgIpc) is 3.16. The second kappa shape index (κ2) is 5.92. The summed E-state index contributed by atoms with van der Waals surface area (Å²) >= 11 is 0. The molecule has 2 heterocycles. The number of benzene rings is 2. The topological polar surface area (TPSA) is 72.7 Å². The van der Waals surface area contributed by atoms with Gasteiger partial charge in [-0.15, -0.1) is 0 Å². The summed E-state index contributed by atoms with van der Waals surface area (Å²) in [4.78, 5) is 20.7. The minimum absolute atomic E-state index is 0.180. The van der Waals surface area contributed by atoms with Gasteiger partial charge in [-0.1, -0.05) is 12.1 Å². The minimum atomic E-state index is -0.180. The fourth-order valence-corrected chi connectivity index (χ4v) is 2.49. The van der Waals surface area contributed by atoms with Crippen molar-refractivity contribution in [2.45, 2.75) is 0 Å².